The molecule has 0 spiro atoms. The zero-order chi connectivity index (χ0) is 4.12. The Bertz CT molecular complexity index is 36.2. The molecule has 0 unspecified atom stereocenters. The second kappa shape index (κ2) is 4.20. The van der Waals surface area contributed by atoms with Gasteiger partial charge in [0.25, 0.3) is 0 Å². The van der Waals surface area contributed by atoms with E-state index in [0.29, 0.717) is 0 Å². The van der Waals surface area contributed by atoms with Crippen molar-refractivity contribution in [1.29, 1.82) is 0 Å². The van der Waals surface area contributed by atoms with Gasteiger partial charge in [-0.2, -0.15) is 0 Å². The SMILES string of the molecule is C=C[CH2][Re]=[O]. The van der Waals surface area contributed by atoms with Crippen molar-refractivity contribution in [3.63, 3.8) is 0 Å². The van der Waals surface area contributed by atoms with Crippen molar-refractivity contribution < 1.29 is 21.4 Å². The van der Waals surface area contributed by atoms with Gasteiger partial charge in [-0.25, -0.2) is 0 Å². The Morgan fingerprint density at radius 2 is 2.60 bits per heavy atom. The van der Waals surface area contributed by atoms with Gasteiger partial charge < -0.3 is 0 Å². The van der Waals surface area contributed by atoms with Gasteiger partial charge in [0.2, 0.25) is 0 Å². The van der Waals surface area contributed by atoms with Gasteiger partial charge in [0.05, 0.1) is 0 Å². The van der Waals surface area contributed by atoms with Crippen LogP contribution in [0, 0.1) is 0 Å². The molecule has 0 saturated heterocycles. The molecule has 30 valence electrons. The normalized spacial score (nSPS) is 7.20. The average molecular weight is 243 g/mol. The van der Waals surface area contributed by atoms with Crippen LogP contribution >= 0.6 is 0 Å². The molecule has 0 heterocycles. The molecule has 0 aliphatic rings. The third-order valence-corrected chi connectivity index (χ3v) is 1.41. The van der Waals surface area contributed by atoms with Crippen molar-refractivity contribution in [2.24, 2.45) is 0 Å². The zero-order valence-electron chi connectivity index (χ0n) is 2.78. The van der Waals surface area contributed by atoms with E-state index in [1.54, 1.807) is 6.08 Å². The molecule has 0 atom stereocenters. The fraction of sp³-hybridized carbons (Fsp3) is 0.333. The van der Waals surface area contributed by atoms with Gasteiger partial charge in [0, 0.05) is 0 Å². The van der Waals surface area contributed by atoms with Gasteiger partial charge in [-0.3, -0.25) is 0 Å². The summed E-state index contributed by atoms with van der Waals surface area (Å²) in [5.74, 6) is 0. The molecule has 0 aromatic carbocycles. The zero-order valence-corrected chi connectivity index (χ0v) is 5.49. The molecule has 1 nitrogen and oxygen atoms in total. The summed E-state index contributed by atoms with van der Waals surface area (Å²) in [6.07, 6.45) is 1.69. The van der Waals surface area contributed by atoms with Crippen LogP contribution in [0.15, 0.2) is 12.7 Å². The Balaban J connectivity index is 2.65. The minimum absolute atomic E-state index is 0.750. The van der Waals surface area contributed by atoms with Gasteiger partial charge in [-0.05, 0) is 0 Å². The van der Waals surface area contributed by atoms with E-state index in [-0.39, 0.29) is 0 Å². The Labute approximate surface area is 39.5 Å². The van der Waals surface area contributed by atoms with Crippen LogP contribution in [-0.2, 0) is 21.4 Å². The number of rotatable bonds is 2. The second-order valence-electron chi connectivity index (χ2n) is 0.552. The van der Waals surface area contributed by atoms with E-state index >= 15 is 0 Å². The summed E-state index contributed by atoms with van der Waals surface area (Å²) in [5, 5.41) is 0. The average Bonchev–Trinajstić information content (AvgIpc) is 1.41. The molecule has 0 N–H and O–H groups in total. The van der Waals surface area contributed by atoms with Gasteiger partial charge in [0.15, 0.2) is 0 Å². The predicted molar refractivity (Wildman–Crippen MR) is 15.7 cm³/mol. The summed E-state index contributed by atoms with van der Waals surface area (Å²) in [6.45, 7) is 3.39. The first kappa shape index (κ1) is 5.20. The maximum absolute atomic E-state index is 9.61. The van der Waals surface area contributed by atoms with Crippen molar-refractivity contribution in [3.8, 4) is 0 Å². The molecule has 0 amide bonds. The minimum atomic E-state index is -1.05. The third kappa shape index (κ3) is 4.20. The third-order valence-electron chi connectivity index (χ3n) is 0.172. The molecular weight excluding hydrogens is 238 g/mol. The summed E-state index contributed by atoms with van der Waals surface area (Å²) >= 11 is -1.05. The fourth-order valence-electron chi connectivity index (χ4n) is 0.0445. The monoisotopic (exact) mass is 244 g/mol. The summed E-state index contributed by atoms with van der Waals surface area (Å²) in [6, 6.07) is 0. The molecule has 0 saturated carbocycles. The summed E-state index contributed by atoms with van der Waals surface area (Å²) in [4.78, 5) is 0.750. The van der Waals surface area contributed by atoms with Crippen LogP contribution in [0.1, 0.15) is 0 Å². The summed E-state index contributed by atoms with van der Waals surface area (Å²) in [7, 11) is 0. The molecule has 0 aromatic heterocycles. The van der Waals surface area contributed by atoms with Crippen molar-refractivity contribution in [3.05, 3.63) is 12.7 Å². The van der Waals surface area contributed by atoms with Crippen LogP contribution in [0.4, 0.5) is 0 Å². The van der Waals surface area contributed by atoms with Gasteiger partial charge in [-0.1, -0.05) is 0 Å². The van der Waals surface area contributed by atoms with Crippen molar-refractivity contribution >= 4 is 0 Å². The van der Waals surface area contributed by atoms with Crippen molar-refractivity contribution in [2.75, 3.05) is 0 Å². The molecule has 0 fully saturated rings. The Morgan fingerprint density at radius 1 is 2.00 bits per heavy atom. The van der Waals surface area contributed by atoms with E-state index in [2.05, 4.69) is 6.58 Å². The molecule has 0 radical (unpaired) electrons. The first-order valence-corrected chi connectivity index (χ1v) is 4.27. The maximum atomic E-state index is 9.61. The second-order valence-corrected chi connectivity index (χ2v) is 2.44. The van der Waals surface area contributed by atoms with Gasteiger partial charge >= 0.3 is 39.0 Å². The molecule has 2 heteroatoms. The summed E-state index contributed by atoms with van der Waals surface area (Å²) < 4.78 is 9.61. The van der Waals surface area contributed by atoms with Crippen LogP contribution in [0.3, 0.4) is 0 Å². The standard InChI is InChI=1S/C3H5.O.Re/c1-3-2;;/h3H,1-2H2;;. The molecule has 0 aliphatic heterocycles. The fourth-order valence-corrected chi connectivity index (χ4v) is 0.365. The predicted octanol–water partition coefficient (Wildman–Crippen LogP) is 1.02. The Morgan fingerprint density at radius 3 is 2.60 bits per heavy atom. The Kier molecular flexibility index (Phi) is 4.37. The van der Waals surface area contributed by atoms with Crippen LogP contribution in [0.5, 0.6) is 0 Å². The molecular formula is C3H5ORe. The first-order chi connectivity index (χ1) is 2.41. The van der Waals surface area contributed by atoms with E-state index < -0.39 is 17.9 Å². The van der Waals surface area contributed by atoms with Gasteiger partial charge in [0.1, 0.15) is 0 Å². The van der Waals surface area contributed by atoms with E-state index in [0.717, 1.165) is 4.89 Å². The molecule has 0 aliphatic carbocycles. The molecule has 0 rings (SSSR count). The van der Waals surface area contributed by atoms with E-state index in [1.165, 1.54) is 0 Å². The number of hydrogen-bond acceptors (Lipinski definition) is 1. The molecule has 5 heavy (non-hydrogen) atoms. The van der Waals surface area contributed by atoms with E-state index in [9.17, 15) is 3.47 Å². The molecule has 0 aromatic rings. The van der Waals surface area contributed by atoms with Crippen molar-refractivity contribution in [1.82, 2.24) is 0 Å². The quantitative estimate of drug-likeness (QED) is 0.662. The first-order valence-electron chi connectivity index (χ1n) is 1.24. The topological polar surface area (TPSA) is 17.1 Å². The molecule has 0 bridgehead atoms. The van der Waals surface area contributed by atoms with Crippen LogP contribution in [0.2, 0.25) is 4.89 Å². The van der Waals surface area contributed by atoms with Gasteiger partial charge in [-0.15, -0.1) is 0 Å². The van der Waals surface area contributed by atoms with Crippen LogP contribution in [0.25, 0.3) is 0 Å². The van der Waals surface area contributed by atoms with Crippen LogP contribution in [-0.4, -0.2) is 0 Å². The Hall–Kier alpha value is 0.202. The van der Waals surface area contributed by atoms with E-state index in [1.807, 2.05) is 0 Å². The van der Waals surface area contributed by atoms with Crippen LogP contribution < -0.4 is 0 Å². The summed E-state index contributed by atoms with van der Waals surface area (Å²) in [5.41, 5.74) is 0. The van der Waals surface area contributed by atoms with Crippen molar-refractivity contribution in [2.45, 2.75) is 4.89 Å². The van der Waals surface area contributed by atoms with E-state index in [4.69, 9.17) is 0 Å². The number of hydrogen-bond donors (Lipinski definition) is 0. The number of allylic oxidation sites excluding steroid dienone is 1.